The normalized spacial score (nSPS) is 13.9. The van der Waals surface area contributed by atoms with Crippen molar-refractivity contribution in [2.24, 2.45) is 11.8 Å². The van der Waals surface area contributed by atoms with Gasteiger partial charge in [0.05, 0.1) is 22.9 Å². The zero-order chi connectivity index (χ0) is 24.1. The molecule has 4 rings (SSSR count). The van der Waals surface area contributed by atoms with Crippen LogP contribution in [0.25, 0.3) is 16.9 Å². The molecule has 1 aliphatic carbocycles. The molecule has 0 spiro atoms. The van der Waals surface area contributed by atoms with Crippen molar-refractivity contribution in [1.29, 1.82) is 0 Å². The van der Waals surface area contributed by atoms with Gasteiger partial charge in [-0.1, -0.05) is 80.8 Å². The van der Waals surface area contributed by atoms with Crippen molar-refractivity contribution < 1.29 is 9.59 Å². The number of carbonyl (C=O) groups excluding carboxylic acids is 2. The van der Waals surface area contributed by atoms with Gasteiger partial charge in [-0.3, -0.25) is 9.59 Å². The van der Waals surface area contributed by atoms with Gasteiger partial charge in [0.15, 0.2) is 0 Å². The fourth-order valence-electron chi connectivity index (χ4n) is 4.49. The maximum Gasteiger partial charge on any atom is 0.245 e. The molecule has 6 nitrogen and oxygen atoms in total. The average Bonchev–Trinajstić information content (AvgIpc) is 3.49. The molecule has 0 bridgehead atoms. The van der Waals surface area contributed by atoms with Crippen molar-refractivity contribution in [3.63, 3.8) is 0 Å². The van der Waals surface area contributed by atoms with E-state index in [4.69, 9.17) is 16.7 Å². The number of hydrogen-bond donors (Lipinski definition) is 1. The Kier molecular flexibility index (Phi) is 7.68. The molecule has 1 fully saturated rings. The van der Waals surface area contributed by atoms with Crippen LogP contribution in [0.1, 0.15) is 39.5 Å². The lowest BCUT2D eigenvalue weighted by Gasteiger charge is -2.26. The van der Waals surface area contributed by atoms with Crippen molar-refractivity contribution in [3.05, 3.63) is 65.7 Å². The molecule has 0 saturated heterocycles. The van der Waals surface area contributed by atoms with Crippen LogP contribution in [0.5, 0.6) is 0 Å². The number of benzene rings is 2. The first-order valence-corrected chi connectivity index (χ1v) is 12.3. The topological polar surface area (TPSA) is 67.2 Å². The Morgan fingerprint density at radius 3 is 2.44 bits per heavy atom. The number of anilines is 1. The maximum atomic E-state index is 13.2. The van der Waals surface area contributed by atoms with Crippen LogP contribution < -0.4 is 5.32 Å². The SMILES string of the molecule is CC(C)CN(CC(=O)Nc1cc(-c2ccccc2)nn1-c1ccccc1Cl)C(=O)C1CCCC1. The summed E-state index contributed by atoms with van der Waals surface area (Å²) < 4.78 is 1.65. The fourth-order valence-corrected chi connectivity index (χ4v) is 4.70. The lowest BCUT2D eigenvalue weighted by atomic mass is 10.1. The van der Waals surface area contributed by atoms with Crippen LogP contribution >= 0.6 is 11.6 Å². The molecule has 3 aromatic rings. The quantitative estimate of drug-likeness (QED) is 0.444. The highest BCUT2D eigenvalue weighted by atomic mass is 35.5. The molecular weight excluding hydrogens is 448 g/mol. The largest absolute Gasteiger partial charge is 0.333 e. The number of rotatable bonds is 8. The number of hydrogen-bond acceptors (Lipinski definition) is 3. The number of para-hydroxylation sites is 1. The van der Waals surface area contributed by atoms with Gasteiger partial charge in [0.1, 0.15) is 5.82 Å². The number of aromatic nitrogens is 2. The summed E-state index contributed by atoms with van der Waals surface area (Å²) in [5, 5.41) is 8.24. The van der Waals surface area contributed by atoms with Gasteiger partial charge >= 0.3 is 0 Å². The molecule has 1 N–H and O–H groups in total. The molecule has 7 heteroatoms. The zero-order valence-corrected chi connectivity index (χ0v) is 20.5. The highest BCUT2D eigenvalue weighted by molar-refractivity contribution is 6.32. The van der Waals surface area contributed by atoms with Crippen LogP contribution in [0.15, 0.2) is 60.7 Å². The lowest BCUT2D eigenvalue weighted by Crippen LogP contribution is -2.42. The van der Waals surface area contributed by atoms with Crippen LogP contribution in [0, 0.1) is 11.8 Å². The Labute approximate surface area is 205 Å². The van der Waals surface area contributed by atoms with E-state index in [0.29, 0.717) is 23.1 Å². The first-order chi connectivity index (χ1) is 16.4. The van der Waals surface area contributed by atoms with Crippen LogP contribution in [0.2, 0.25) is 5.02 Å². The third-order valence-corrected chi connectivity index (χ3v) is 6.38. The van der Waals surface area contributed by atoms with Crippen molar-refractivity contribution in [1.82, 2.24) is 14.7 Å². The van der Waals surface area contributed by atoms with Crippen LogP contribution in [-0.2, 0) is 9.59 Å². The molecule has 0 radical (unpaired) electrons. The van der Waals surface area contributed by atoms with Crippen molar-refractivity contribution in [3.8, 4) is 16.9 Å². The molecule has 1 aromatic heterocycles. The second-order valence-corrected chi connectivity index (χ2v) is 9.69. The van der Waals surface area contributed by atoms with Gasteiger partial charge in [-0.15, -0.1) is 0 Å². The minimum atomic E-state index is -0.250. The molecular formula is C27H31ClN4O2. The molecule has 0 unspecified atom stereocenters. The highest BCUT2D eigenvalue weighted by Crippen LogP contribution is 2.29. The van der Waals surface area contributed by atoms with Crippen LogP contribution in [-0.4, -0.2) is 39.6 Å². The summed E-state index contributed by atoms with van der Waals surface area (Å²) in [7, 11) is 0. The molecule has 2 amide bonds. The number of halogens is 1. The van der Waals surface area contributed by atoms with E-state index in [2.05, 4.69) is 19.2 Å². The third-order valence-electron chi connectivity index (χ3n) is 6.06. The van der Waals surface area contributed by atoms with E-state index in [-0.39, 0.29) is 30.2 Å². The summed E-state index contributed by atoms with van der Waals surface area (Å²) in [6, 6.07) is 19.0. The first-order valence-electron chi connectivity index (χ1n) is 11.9. The predicted octanol–water partition coefficient (Wildman–Crippen LogP) is 5.81. The van der Waals surface area contributed by atoms with Crippen LogP contribution in [0.3, 0.4) is 0 Å². The monoisotopic (exact) mass is 478 g/mol. The first kappa shape index (κ1) is 24.0. The van der Waals surface area contributed by atoms with Gasteiger partial charge in [-0.2, -0.15) is 5.10 Å². The molecule has 1 aliphatic rings. The second-order valence-electron chi connectivity index (χ2n) is 9.29. The van der Waals surface area contributed by atoms with E-state index in [1.807, 2.05) is 54.6 Å². The summed E-state index contributed by atoms with van der Waals surface area (Å²) in [5.74, 6) is 0.655. The Balaban J connectivity index is 1.60. The summed E-state index contributed by atoms with van der Waals surface area (Å²) in [6.45, 7) is 4.70. The molecule has 0 atom stereocenters. The average molecular weight is 479 g/mol. The Morgan fingerprint density at radius 2 is 1.76 bits per heavy atom. The van der Waals surface area contributed by atoms with E-state index >= 15 is 0 Å². The number of amides is 2. The van der Waals surface area contributed by atoms with Crippen molar-refractivity contribution in [2.75, 3.05) is 18.4 Å². The number of nitrogens with zero attached hydrogens (tertiary/aromatic N) is 3. The van der Waals surface area contributed by atoms with Crippen molar-refractivity contribution in [2.45, 2.75) is 39.5 Å². The summed E-state index contributed by atoms with van der Waals surface area (Å²) in [5.41, 5.74) is 2.32. The van der Waals surface area contributed by atoms with Crippen LogP contribution in [0.4, 0.5) is 5.82 Å². The molecule has 178 valence electrons. The van der Waals surface area contributed by atoms with Gasteiger partial charge in [-0.05, 0) is 30.9 Å². The van der Waals surface area contributed by atoms with Gasteiger partial charge < -0.3 is 10.2 Å². The smallest absolute Gasteiger partial charge is 0.245 e. The summed E-state index contributed by atoms with van der Waals surface area (Å²) >= 11 is 6.45. The minimum Gasteiger partial charge on any atom is -0.333 e. The minimum absolute atomic E-state index is 0.0158. The fraction of sp³-hybridized carbons (Fsp3) is 0.370. The van der Waals surface area contributed by atoms with E-state index in [1.165, 1.54) is 0 Å². The third kappa shape index (κ3) is 5.68. The van der Waals surface area contributed by atoms with Gasteiger partial charge in [0.2, 0.25) is 11.8 Å². The van der Waals surface area contributed by atoms with E-state index in [1.54, 1.807) is 15.6 Å². The van der Waals surface area contributed by atoms with E-state index < -0.39 is 0 Å². The van der Waals surface area contributed by atoms with Gasteiger partial charge in [0, 0.05) is 24.1 Å². The number of carbonyl (C=O) groups is 2. The van der Waals surface area contributed by atoms with Crippen molar-refractivity contribution >= 4 is 29.2 Å². The molecule has 1 heterocycles. The Hall–Kier alpha value is -3.12. The van der Waals surface area contributed by atoms with E-state index in [9.17, 15) is 9.59 Å². The van der Waals surface area contributed by atoms with E-state index in [0.717, 1.165) is 36.9 Å². The standard InChI is InChI=1S/C27H31ClN4O2/c1-19(2)17-31(27(34)21-12-6-7-13-21)18-26(33)29-25-16-23(20-10-4-3-5-11-20)30-32(25)24-15-9-8-14-22(24)28/h3-5,8-11,14-16,19,21H,6-7,12-13,17-18H2,1-2H3,(H,29,33). The number of nitrogens with one attached hydrogen (secondary N) is 1. The summed E-state index contributed by atoms with van der Waals surface area (Å²) in [6.07, 6.45) is 3.98. The predicted molar refractivity (Wildman–Crippen MR) is 136 cm³/mol. The summed E-state index contributed by atoms with van der Waals surface area (Å²) in [4.78, 5) is 28.0. The second kappa shape index (κ2) is 10.9. The molecule has 1 saturated carbocycles. The lowest BCUT2D eigenvalue weighted by molar-refractivity contribution is -0.138. The maximum absolute atomic E-state index is 13.2. The Bertz CT molecular complexity index is 1140. The Morgan fingerprint density at radius 1 is 1.09 bits per heavy atom. The van der Waals surface area contributed by atoms with Gasteiger partial charge in [-0.25, -0.2) is 4.68 Å². The van der Waals surface area contributed by atoms with Gasteiger partial charge in [0.25, 0.3) is 0 Å². The zero-order valence-electron chi connectivity index (χ0n) is 19.7. The highest BCUT2D eigenvalue weighted by Gasteiger charge is 2.29. The molecule has 0 aliphatic heterocycles. The molecule has 34 heavy (non-hydrogen) atoms. The molecule has 2 aromatic carbocycles.